The third kappa shape index (κ3) is 1.39. The van der Waals surface area contributed by atoms with Gasteiger partial charge in [0.15, 0.2) is 5.78 Å². The predicted molar refractivity (Wildman–Crippen MR) is 60.7 cm³/mol. The van der Waals surface area contributed by atoms with Crippen LogP contribution in [0.2, 0.25) is 0 Å². The molecule has 1 aromatic carbocycles. The van der Waals surface area contributed by atoms with E-state index in [9.17, 15) is 4.79 Å². The van der Waals surface area contributed by atoms with Crippen molar-refractivity contribution >= 4 is 20.5 Å². The van der Waals surface area contributed by atoms with Gasteiger partial charge in [0.2, 0.25) is 0 Å². The number of hydrogen-bond donors (Lipinski definition) is 1. The molecule has 2 aliphatic heterocycles. The van der Waals surface area contributed by atoms with E-state index in [2.05, 4.69) is 11.4 Å². The van der Waals surface area contributed by atoms with E-state index in [1.807, 2.05) is 18.2 Å². The SMILES string of the molecule is O=C1C2=C(CCNC2)[Si]c2ccccc21. The Balaban J connectivity index is 2.11. The molecule has 0 aromatic heterocycles. The van der Waals surface area contributed by atoms with Crippen LogP contribution in [-0.2, 0) is 0 Å². The minimum absolute atomic E-state index is 0.242. The van der Waals surface area contributed by atoms with Crippen LogP contribution in [0.4, 0.5) is 0 Å². The Hall–Kier alpha value is -1.19. The summed E-state index contributed by atoms with van der Waals surface area (Å²) in [7, 11) is 0.707. The van der Waals surface area contributed by atoms with E-state index in [0.717, 1.165) is 30.6 Å². The summed E-state index contributed by atoms with van der Waals surface area (Å²) in [4.78, 5) is 12.2. The number of Topliss-reactive ketones (excluding diaryl/α,β-unsaturated/α-hetero) is 1. The van der Waals surface area contributed by atoms with Gasteiger partial charge in [0.1, 0.15) is 9.52 Å². The second kappa shape index (κ2) is 3.43. The van der Waals surface area contributed by atoms with Crippen molar-refractivity contribution < 1.29 is 4.79 Å². The molecule has 1 aromatic rings. The molecular formula is C12H11NOSi. The van der Waals surface area contributed by atoms with Crippen molar-refractivity contribution in [3.05, 3.63) is 40.6 Å². The molecule has 2 heterocycles. The number of benzene rings is 1. The van der Waals surface area contributed by atoms with Gasteiger partial charge in [0, 0.05) is 17.7 Å². The van der Waals surface area contributed by atoms with Crippen LogP contribution in [0.15, 0.2) is 35.0 Å². The van der Waals surface area contributed by atoms with E-state index in [1.54, 1.807) is 0 Å². The fourth-order valence-electron chi connectivity index (χ4n) is 2.15. The minimum atomic E-state index is 0.242. The molecule has 0 spiro atoms. The highest BCUT2D eigenvalue weighted by atomic mass is 28.2. The standard InChI is InChI=1S/C12H11NOSi/c14-12-8-3-1-2-4-10(8)15-11-5-6-13-7-9(11)12/h1-4,13H,5-7H2. The highest BCUT2D eigenvalue weighted by Crippen LogP contribution is 2.20. The van der Waals surface area contributed by atoms with Crippen LogP contribution < -0.4 is 10.5 Å². The highest BCUT2D eigenvalue weighted by Gasteiger charge is 2.27. The predicted octanol–water partition coefficient (Wildman–Crippen LogP) is 0.460. The molecule has 0 saturated heterocycles. The molecule has 1 N–H and O–H groups in total. The molecule has 3 rings (SSSR count). The van der Waals surface area contributed by atoms with Crippen LogP contribution in [-0.4, -0.2) is 28.4 Å². The van der Waals surface area contributed by atoms with E-state index < -0.39 is 0 Å². The van der Waals surface area contributed by atoms with Crippen LogP contribution in [0.1, 0.15) is 16.8 Å². The summed E-state index contributed by atoms with van der Waals surface area (Å²) in [5, 5.41) is 5.87. The second-order valence-corrected chi connectivity index (χ2v) is 5.28. The lowest BCUT2D eigenvalue weighted by Crippen LogP contribution is -2.39. The quantitative estimate of drug-likeness (QED) is 0.634. The second-order valence-electron chi connectivity index (χ2n) is 3.88. The van der Waals surface area contributed by atoms with Gasteiger partial charge in [-0.25, -0.2) is 0 Å². The van der Waals surface area contributed by atoms with Crippen LogP contribution >= 0.6 is 0 Å². The molecule has 2 radical (unpaired) electrons. The number of ketones is 1. The first kappa shape index (κ1) is 9.06. The van der Waals surface area contributed by atoms with Gasteiger partial charge in [0.05, 0.1) is 0 Å². The van der Waals surface area contributed by atoms with Gasteiger partial charge in [-0.15, -0.1) is 0 Å². The van der Waals surface area contributed by atoms with E-state index in [0.29, 0.717) is 9.52 Å². The molecule has 0 bridgehead atoms. The fourth-order valence-corrected chi connectivity index (χ4v) is 3.59. The van der Waals surface area contributed by atoms with Crippen LogP contribution in [0, 0.1) is 0 Å². The van der Waals surface area contributed by atoms with Gasteiger partial charge in [-0.1, -0.05) is 29.5 Å². The maximum Gasteiger partial charge on any atom is 0.189 e. The van der Waals surface area contributed by atoms with E-state index >= 15 is 0 Å². The van der Waals surface area contributed by atoms with Crippen molar-refractivity contribution in [1.82, 2.24) is 5.32 Å². The highest BCUT2D eigenvalue weighted by molar-refractivity contribution is 6.65. The maximum atomic E-state index is 12.2. The monoisotopic (exact) mass is 213 g/mol. The first-order valence-corrected chi connectivity index (χ1v) is 6.20. The van der Waals surface area contributed by atoms with Gasteiger partial charge in [-0.2, -0.15) is 0 Å². The van der Waals surface area contributed by atoms with Crippen LogP contribution in [0.5, 0.6) is 0 Å². The molecule has 15 heavy (non-hydrogen) atoms. The first-order valence-electron chi connectivity index (χ1n) is 5.20. The van der Waals surface area contributed by atoms with Gasteiger partial charge >= 0.3 is 0 Å². The summed E-state index contributed by atoms with van der Waals surface area (Å²) in [5.41, 5.74) is 1.94. The smallest absolute Gasteiger partial charge is 0.189 e. The Morgan fingerprint density at radius 1 is 1.27 bits per heavy atom. The lowest BCUT2D eigenvalue weighted by atomic mass is 9.99. The number of nitrogens with one attached hydrogen (secondary N) is 1. The molecule has 74 valence electrons. The Kier molecular flexibility index (Phi) is 2.07. The number of carbonyl (C=O) groups is 1. The molecule has 0 unspecified atom stereocenters. The van der Waals surface area contributed by atoms with E-state index in [4.69, 9.17) is 0 Å². The number of carbonyl (C=O) groups excluding carboxylic acids is 1. The Morgan fingerprint density at radius 2 is 2.13 bits per heavy atom. The summed E-state index contributed by atoms with van der Waals surface area (Å²) < 4.78 is 0. The van der Waals surface area contributed by atoms with Crippen molar-refractivity contribution in [3.63, 3.8) is 0 Å². The first-order chi connectivity index (χ1) is 7.36. The Morgan fingerprint density at radius 3 is 3.07 bits per heavy atom. The topological polar surface area (TPSA) is 29.1 Å². The van der Waals surface area contributed by atoms with Gasteiger partial charge in [-0.3, -0.25) is 4.79 Å². The summed E-state index contributed by atoms with van der Waals surface area (Å²) in [5.74, 6) is 0.242. The largest absolute Gasteiger partial charge is 0.312 e. The molecular weight excluding hydrogens is 202 g/mol. The van der Waals surface area contributed by atoms with Crippen molar-refractivity contribution in [3.8, 4) is 0 Å². The summed E-state index contributed by atoms with van der Waals surface area (Å²) >= 11 is 0. The molecule has 2 nitrogen and oxygen atoms in total. The zero-order valence-corrected chi connectivity index (χ0v) is 9.34. The third-order valence-corrected chi connectivity index (χ3v) is 4.51. The molecule has 0 atom stereocenters. The zero-order valence-electron chi connectivity index (χ0n) is 8.34. The molecule has 0 saturated carbocycles. The third-order valence-electron chi connectivity index (χ3n) is 2.95. The molecule has 0 fully saturated rings. The number of rotatable bonds is 0. The van der Waals surface area contributed by atoms with E-state index in [-0.39, 0.29) is 5.78 Å². The van der Waals surface area contributed by atoms with Crippen molar-refractivity contribution in [2.45, 2.75) is 6.42 Å². The minimum Gasteiger partial charge on any atom is -0.312 e. The van der Waals surface area contributed by atoms with Gasteiger partial charge < -0.3 is 5.32 Å². The van der Waals surface area contributed by atoms with Gasteiger partial charge in [0.25, 0.3) is 0 Å². The Labute approximate surface area is 91.2 Å². The lowest BCUT2D eigenvalue weighted by molar-refractivity contribution is 0.103. The fraction of sp³-hybridized carbons (Fsp3) is 0.250. The van der Waals surface area contributed by atoms with Crippen LogP contribution in [0.3, 0.4) is 0 Å². The number of fused-ring (bicyclic) bond motifs is 1. The normalized spacial score (nSPS) is 19.9. The van der Waals surface area contributed by atoms with E-state index in [1.165, 1.54) is 10.4 Å². The lowest BCUT2D eigenvalue weighted by Gasteiger charge is -2.25. The van der Waals surface area contributed by atoms with Crippen molar-refractivity contribution in [2.75, 3.05) is 13.1 Å². The average Bonchev–Trinajstić information content (AvgIpc) is 2.30. The maximum absolute atomic E-state index is 12.2. The zero-order chi connectivity index (χ0) is 10.3. The number of hydrogen-bond acceptors (Lipinski definition) is 2. The van der Waals surface area contributed by atoms with Crippen molar-refractivity contribution in [1.29, 1.82) is 0 Å². The molecule has 0 amide bonds. The molecule has 0 aliphatic carbocycles. The Bertz CT molecular complexity index is 464. The summed E-state index contributed by atoms with van der Waals surface area (Å²) in [6.45, 7) is 1.77. The summed E-state index contributed by atoms with van der Waals surface area (Å²) in [6.07, 6.45) is 1.04. The molecule has 3 heteroatoms. The summed E-state index contributed by atoms with van der Waals surface area (Å²) in [6, 6.07) is 8.00. The molecule has 2 aliphatic rings. The van der Waals surface area contributed by atoms with Crippen LogP contribution in [0.25, 0.3) is 0 Å². The average molecular weight is 213 g/mol. The van der Waals surface area contributed by atoms with Crippen molar-refractivity contribution in [2.24, 2.45) is 0 Å². The van der Waals surface area contributed by atoms with Gasteiger partial charge in [-0.05, 0) is 18.2 Å².